The Kier molecular flexibility index (Phi) is 8.42. The van der Waals surface area contributed by atoms with Crippen molar-refractivity contribution in [2.24, 2.45) is 11.1 Å². The van der Waals surface area contributed by atoms with Crippen molar-refractivity contribution in [3.05, 3.63) is 59.9 Å². The number of carboxylic acid groups (broad SMARTS) is 1. The average Bonchev–Trinajstić information content (AvgIpc) is 2.69. The quantitative estimate of drug-likeness (QED) is 0.428. The smallest absolute Gasteiger partial charge is 0.307 e. The first kappa shape index (κ1) is 21.9. The molecule has 1 aliphatic heterocycles. The van der Waals surface area contributed by atoms with Gasteiger partial charge in [0.15, 0.2) is 0 Å². The molecule has 1 saturated heterocycles. The van der Waals surface area contributed by atoms with Gasteiger partial charge in [-0.15, -0.1) is 12.4 Å². The third-order valence-electron chi connectivity index (χ3n) is 4.74. The van der Waals surface area contributed by atoms with Crippen LogP contribution in [-0.4, -0.2) is 48.4 Å². The number of piperidine rings is 1. The molecule has 7 heteroatoms. The van der Waals surface area contributed by atoms with Gasteiger partial charge in [-0.1, -0.05) is 41.6 Å². The number of hydrogen-bond acceptors (Lipinski definition) is 4. The Hall–Kier alpha value is -2.44. The second-order valence-electron chi connectivity index (χ2n) is 6.64. The van der Waals surface area contributed by atoms with E-state index in [1.807, 2.05) is 24.3 Å². The van der Waals surface area contributed by atoms with E-state index in [1.165, 1.54) is 12.1 Å². The molecule has 0 spiro atoms. The zero-order valence-corrected chi connectivity index (χ0v) is 16.3. The Labute approximate surface area is 170 Å². The summed E-state index contributed by atoms with van der Waals surface area (Å²) in [6.45, 7) is 2.52. The number of likely N-dealkylation sites (tertiary alicyclic amines) is 1. The molecule has 1 heterocycles. The Bertz CT molecular complexity index is 798. The highest BCUT2D eigenvalue weighted by Crippen LogP contribution is 2.23. The number of nitrogens with zero attached hydrogens (tertiary/aromatic N) is 2. The molecule has 0 aromatic heterocycles. The van der Waals surface area contributed by atoms with Gasteiger partial charge in [0.05, 0.1) is 12.1 Å². The zero-order chi connectivity index (χ0) is 19.1. The minimum absolute atomic E-state index is 0. The van der Waals surface area contributed by atoms with Crippen molar-refractivity contribution < 1.29 is 19.1 Å². The van der Waals surface area contributed by atoms with Crippen molar-refractivity contribution in [2.75, 3.05) is 26.2 Å². The minimum atomic E-state index is -0.726. The molecule has 0 radical (unpaired) electrons. The van der Waals surface area contributed by atoms with Gasteiger partial charge in [0.1, 0.15) is 12.4 Å². The van der Waals surface area contributed by atoms with Gasteiger partial charge in [-0.05, 0) is 42.6 Å². The second-order valence-corrected chi connectivity index (χ2v) is 6.64. The maximum absolute atomic E-state index is 13.1. The van der Waals surface area contributed by atoms with Gasteiger partial charge >= 0.3 is 5.97 Å². The highest BCUT2D eigenvalue weighted by molar-refractivity contribution is 5.90. The van der Waals surface area contributed by atoms with Gasteiger partial charge in [-0.2, -0.15) is 0 Å². The van der Waals surface area contributed by atoms with Crippen LogP contribution in [0.4, 0.5) is 4.39 Å². The molecule has 1 atom stereocenters. The van der Waals surface area contributed by atoms with Crippen LogP contribution in [0.25, 0.3) is 11.1 Å². The van der Waals surface area contributed by atoms with Gasteiger partial charge < -0.3 is 9.94 Å². The van der Waals surface area contributed by atoms with E-state index in [9.17, 15) is 9.18 Å². The number of halogens is 2. The first-order chi connectivity index (χ1) is 13.1. The van der Waals surface area contributed by atoms with Crippen molar-refractivity contribution in [2.45, 2.75) is 12.8 Å². The van der Waals surface area contributed by atoms with Crippen molar-refractivity contribution >= 4 is 24.6 Å². The Morgan fingerprint density at radius 2 is 2.00 bits per heavy atom. The zero-order valence-electron chi connectivity index (χ0n) is 15.5. The number of carbonyl (C=O) groups is 1. The summed E-state index contributed by atoms with van der Waals surface area (Å²) < 4.78 is 13.1. The van der Waals surface area contributed by atoms with Crippen LogP contribution in [0.3, 0.4) is 0 Å². The lowest BCUT2D eigenvalue weighted by Crippen LogP contribution is -2.40. The average molecular weight is 407 g/mol. The fraction of sp³-hybridized carbons (Fsp3) is 0.333. The fourth-order valence-corrected chi connectivity index (χ4v) is 3.28. The van der Waals surface area contributed by atoms with Gasteiger partial charge in [-0.3, -0.25) is 9.69 Å². The summed E-state index contributed by atoms with van der Waals surface area (Å²) in [4.78, 5) is 18.6. The summed E-state index contributed by atoms with van der Waals surface area (Å²) in [5.74, 6) is -1.28. The van der Waals surface area contributed by atoms with E-state index < -0.39 is 5.97 Å². The number of hydrogen-bond donors (Lipinski definition) is 1. The normalized spacial score (nSPS) is 17.2. The molecule has 150 valence electrons. The van der Waals surface area contributed by atoms with Crippen LogP contribution < -0.4 is 0 Å². The van der Waals surface area contributed by atoms with E-state index >= 15 is 0 Å². The summed E-state index contributed by atoms with van der Waals surface area (Å²) >= 11 is 0. The molecule has 1 fully saturated rings. The lowest BCUT2D eigenvalue weighted by atomic mass is 9.98. The lowest BCUT2D eigenvalue weighted by molar-refractivity contribution is -0.143. The van der Waals surface area contributed by atoms with E-state index in [0.29, 0.717) is 19.7 Å². The number of aliphatic carboxylic acids is 1. The number of carboxylic acids is 1. The number of benzene rings is 2. The van der Waals surface area contributed by atoms with Crippen molar-refractivity contribution in [3.63, 3.8) is 0 Å². The van der Waals surface area contributed by atoms with Crippen molar-refractivity contribution in [3.8, 4) is 11.1 Å². The molecular weight excluding hydrogens is 383 g/mol. The van der Waals surface area contributed by atoms with Crippen molar-refractivity contribution in [1.82, 2.24) is 4.90 Å². The van der Waals surface area contributed by atoms with E-state index in [-0.39, 0.29) is 24.1 Å². The second kappa shape index (κ2) is 10.8. The van der Waals surface area contributed by atoms with Crippen LogP contribution >= 0.6 is 12.4 Å². The molecule has 1 unspecified atom stereocenters. The van der Waals surface area contributed by atoms with Gasteiger partial charge in [0, 0.05) is 18.7 Å². The maximum atomic E-state index is 13.1. The highest BCUT2D eigenvalue weighted by atomic mass is 35.5. The van der Waals surface area contributed by atoms with Gasteiger partial charge in [0.2, 0.25) is 0 Å². The summed E-state index contributed by atoms with van der Waals surface area (Å²) in [6, 6.07) is 14.0. The Morgan fingerprint density at radius 3 is 2.75 bits per heavy atom. The molecule has 0 amide bonds. The fourth-order valence-electron chi connectivity index (χ4n) is 3.28. The van der Waals surface area contributed by atoms with E-state index in [0.717, 1.165) is 36.1 Å². The topological polar surface area (TPSA) is 62.1 Å². The van der Waals surface area contributed by atoms with E-state index in [2.05, 4.69) is 10.1 Å². The van der Waals surface area contributed by atoms with E-state index in [1.54, 1.807) is 18.3 Å². The van der Waals surface area contributed by atoms with E-state index in [4.69, 9.17) is 9.94 Å². The Balaban J connectivity index is 0.00000280. The molecule has 0 aliphatic carbocycles. The number of rotatable bonds is 7. The summed E-state index contributed by atoms with van der Waals surface area (Å²) in [7, 11) is 0. The summed E-state index contributed by atoms with van der Waals surface area (Å²) in [5, 5.41) is 13.2. The lowest BCUT2D eigenvalue weighted by Gasteiger charge is -2.29. The third kappa shape index (κ3) is 6.04. The molecule has 1 aliphatic rings. The summed E-state index contributed by atoms with van der Waals surface area (Å²) in [5.41, 5.74) is 2.74. The molecule has 5 nitrogen and oxygen atoms in total. The largest absolute Gasteiger partial charge is 0.481 e. The molecule has 2 aromatic rings. The van der Waals surface area contributed by atoms with Crippen LogP contribution in [0.1, 0.15) is 18.4 Å². The van der Waals surface area contributed by atoms with Crippen LogP contribution in [0, 0.1) is 11.7 Å². The predicted octanol–water partition coefficient (Wildman–Crippen LogP) is 4.06. The summed E-state index contributed by atoms with van der Waals surface area (Å²) in [6.07, 6.45) is 3.28. The minimum Gasteiger partial charge on any atom is -0.481 e. The van der Waals surface area contributed by atoms with Gasteiger partial charge in [0.25, 0.3) is 0 Å². The molecule has 28 heavy (non-hydrogen) atoms. The van der Waals surface area contributed by atoms with Gasteiger partial charge in [-0.25, -0.2) is 4.39 Å². The molecule has 2 aromatic carbocycles. The maximum Gasteiger partial charge on any atom is 0.307 e. The molecule has 0 saturated carbocycles. The third-order valence-corrected chi connectivity index (χ3v) is 4.74. The Morgan fingerprint density at radius 1 is 1.25 bits per heavy atom. The number of oxime groups is 1. The standard InChI is InChI=1S/C21H23FN2O3.ClH/c22-19-9-7-16(8-10-19)20-6-2-1-4-17(20)14-23-27-13-12-24-11-3-5-18(15-24)21(25)26;/h1-2,4,6-10,14,18H,3,5,11-13,15H2,(H,25,26);1H. The monoisotopic (exact) mass is 406 g/mol. The van der Waals surface area contributed by atoms with Crippen molar-refractivity contribution in [1.29, 1.82) is 0 Å². The first-order valence-corrected chi connectivity index (χ1v) is 9.09. The van der Waals surface area contributed by atoms with Crippen LogP contribution in [0.2, 0.25) is 0 Å². The van der Waals surface area contributed by atoms with Crippen LogP contribution in [0.15, 0.2) is 53.7 Å². The molecule has 1 N–H and O–H groups in total. The SMILES string of the molecule is Cl.O=C(O)C1CCCN(CCON=Cc2ccccc2-c2ccc(F)cc2)C1. The molecule has 0 bridgehead atoms. The predicted molar refractivity (Wildman–Crippen MR) is 109 cm³/mol. The first-order valence-electron chi connectivity index (χ1n) is 9.09. The highest BCUT2D eigenvalue weighted by Gasteiger charge is 2.24. The molecular formula is C21H24ClFN2O3. The van der Waals surface area contributed by atoms with Crippen LogP contribution in [-0.2, 0) is 9.63 Å². The van der Waals surface area contributed by atoms with Crippen LogP contribution in [0.5, 0.6) is 0 Å². The molecule has 3 rings (SSSR count).